The number of hydrogen-bond acceptors (Lipinski definition) is 5. The fraction of sp³-hybridized carbons (Fsp3) is 0.630. The number of amides is 1. The summed E-state index contributed by atoms with van der Waals surface area (Å²) in [4.78, 5) is 20.7. The van der Waals surface area contributed by atoms with Crippen LogP contribution in [0.25, 0.3) is 0 Å². The van der Waals surface area contributed by atoms with E-state index in [1.807, 2.05) is 18.2 Å². The molecule has 2 aliphatic carbocycles. The lowest BCUT2D eigenvalue weighted by atomic mass is 9.84. The first-order chi connectivity index (χ1) is 16.8. The van der Waals surface area contributed by atoms with Crippen molar-refractivity contribution in [1.29, 1.82) is 0 Å². The molecule has 8 heteroatoms. The van der Waals surface area contributed by atoms with Crippen molar-refractivity contribution in [1.82, 2.24) is 15.2 Å². The maximum absolute atomic E-state index is 13.1. The van der Waals surface area contributed by atoms with E-state index in [2.05, 4.69) is 27.3 Å². The summed E-state index contributed by atoms with van der Waals surface area (Å²) in [6.07, 6.45) is 7.50. The molecule has 0 spiro atoms. The topological polar surface area (TPSA) is 54.5 Å². The zero-order valence-electron chi connectivity index (χ0n) is 20.3. The number of halogens is 2. The van der Waals surface area contributed by atoms with Gasteiger partial charge in [0, 0.05) is 36.9 Å². The largest absolute Gasteiger partial charge is 0.464 e. The summed E-state index contributed by atoms with van der Waals surface area (Å²) >= 11 is 1.41. The van der Waals surface area contributed by atoms with E-state index in [0.717, 1.165) is 82.1 Å². The van der Waals surface area contributed by atoms with Crippen LogP contribution in [-0.4, -0.2) is 47.5 Å². The summed E-state index contributed by atoms with van der Waals surface area (Å²) < 4.78 is 31.3. The Bertz CT molecular complexity index is 1000. The lowest BCUT2D eigenvalue weighted by Crippen LogP contribution is -2.39. The normalized spacial score (nSPS) is 26.7. The second kappa shape index (κ2) is 10.5. The Hall–Kier alpha value is -2.06. The maximum atomic E-state index is 13.1. The Labute approximate surface area is 210 Å². The van der Waals surface area contributed by atoms with Crippen molar-refractivity contribution in [2.45, 2.75) is 76.3 Å². The predicted octanol–water partition coefficient (Wildman–Crippen LogP) is 5.40. The van der Waals surface area contributed by atoms with Gasteiger partial charge in [-0.05, 0) is 68.9 Å². The van der Waals surface area contributed by atoms with Gasteiger partial charge in [0.05, 0.1) is 5.69 Å². The van der Waals surface area contributed by atoms with Crippen LogP contribution in [0.2, 0.25) is 0 Å². The van der Waals surface area contributed by atoms with Crippen LogP contribution in [0.1, 0.15) is 67.5 Å². The third-order valence-corrected chi connectivity index (χ3v) is 8.71. The van der Waals surface area contributed by atoms with Gasteiger partial charge < -0.3 is 10.1 Å². The van der Waals surface area contributed by atoms with Gasteiger partial charge >= 0.3 is 0 Å². The standard InChI is InChI=1S/C27H35F2N3O2S/c1-27(28,29)17-34-26-31-23-16-32(14-12-24(23)35-26)13-11-18-7-9-20(10-8-18)30-25(33)22-15-21(22)19-5-3-2-4-6-19/h2-6,18,20-22H,7-17H2,1H3,(H,30,33)/t18?,20?,21-,22+/m0/s1. The van der Waals surface area contributed by atoms with Gasteiger partial charge in [-0.25, -0.2) is 13.8 Å². The number of hydrogen-bond donors (Lipinski definition) is 1. The number of nitrogens with zero attached hydrogens (tertiary/aromatic N) is 2. The molecule has 1 aliphatic heterocycles. The highest BCUT2D eigenvalue weighted by atomic mass is 32.1. The number of fused-ring (bicyclic) bond motifs is 1. The molecule has 5 rings (SSSR count). The maximum Gasteiger partial charge on any atom is 0.278 e. The van der Waals surface area contributed by atoms with Gasteiger partial charge in [0.2, 0.25) is 5.91 Å². The molecule has 0 radical (unpaired) electrons. The zero-order valence-corrected chi connectivity index (χ0v) is 21.2. The molecule has 0 saturated heterocycles. The van der Waals surface area contributed by atoms with Crippen molar-refractivity contribution < 1.29 is 18.3 Å². The van der Waals surface area contributed by atoms with Crippen molar-refractivity contribution in [3.63, 3.8) is 0 Å². The average molecular weight is 504 g/mol. The molecule has 2 heterocycles. The van der Waals surface area contributed by atoms with Crippen LogP contribution in [0.3, 0.4) is 0 Å². The molecule has 5 nitrogen and oxygen atoms in total. The molecule has 1 amide bonds. The minimum atomic E-state index is -2.84. The van der Waals surface area contributed by atoms with Gasteiger partial charge in [0.15, 0.2) is 6.61 Å². The smallest absolute Gasteiger partial charge is 0.278 e. The number of alkyl halides is 2. The zero-order chi connectivity index (χ0) is 24.4. The van der Waals surface area contributed by atoms with Gasteiger partial charge in [-0.2, -0.15) is 0 Å². The molecule has 190 valence electrons. The highest BCUT2D eigenvalue weighted by molar-refractivity contribution is 7.13. The van der Waals surface area contributed by atoms with Crippen LogP contribution in [0.4, 0.5) is 8.78 Å². The molecule has 35 heavy (non-hydrogen) atoms. The predicted molar refractivity (Wildman–Crippen MR) is 133 cm³/mol. The quantitative estimate of drug-likeness (QED) is 0.498. The minimum absolute atomic E-state index is 0.147. The lowest BCUT2D eigenvalue weighted by Gasteiger charge is -2.32. The lowest BCUT2D eigenvalue weighted by molar-refractivity contribution is -0.123. The number of rotatable bonds is 9. The summed E-state index contributed by atoms with van der Waals surface area (Å²) in [6, 6.07) is 10.7. The van der Waals surface area contributed by atoms with Crippen molar-refractivity contribution in [3.8, 4) is 5.19 Å². The van der Waals surface area contributed by atoms with Gasteiger partial charge in [-0.1, -0.05) is 41.7 Å². The van der Waals surface area contributed by atoms with Crippen molar-refractivity contribution in [2.75, 3.05) is 19.7 Å². The summed E-state index contributed by atoms with van der Waals surface area (Å²) in [6.45, 7) is 3.02. The Morgan fingerprint density at radius 3 is 2.74 bits per heavy atom. The molecule has 1 aromatic heterocycles. The average Bonchev–Trinajstić information content (AvgIpc) is 3.55. The van der Waals surface area contributed by atoms with Crippen LogP contribution in [0, 0.1) is 11.8 Å². The molecule has 2 saturated carbocycles. The van der Waals surface area contributed by atoms with E-state index in [-0.39, 0.29) is 11.8 Å². The second-order valence-electron chi connectivity index (χ2n) is 10.6. The van der Waals surface area contributed by atoms with Crippen LogP contribution in [0.5, 0.6) is 5.19 Å². The van der Waals surface area contributed by atoms with Crippen LogP contribution in [-0.2, 0) is 17.8 Å². The molecular formula is C27H35F2N3O2S. The van der Waals surface area contributed by atoms with E-state index in [0.29, 0.717) is 23.1 Å². The van der Waals surface area contributed by atoms with Crippen molar-refractivity contribution in [3.05, 3.63) is 46.5 Å². The minimum Gasteiger partial charge on any atom is -0.464 e. The van der Waals surface area contributed by atoms with Gasteiger partial charge in [0.25, 0.3) is 11.1 Å². The number of benzene rings is 1. The highest BCUT2D eigenvalue weighted by Crippen LogP contribution is 2.47. The number of aromatic nitrogens is 1. The molecule has 2 atom stereocenters. The van der Waals surface area contributed by atoms with Crippen LogP contribution < -0.4 is 10.1 Å². The summed E-state index contributed by atoms with van der Waals surface area (Å²) in [5, 5.41) is 3.69. The molecule has 1 N–H and O–H groups in total. The fourth-order valence-corrected chi connectivity index (χ4v) is 6.40. The Morgan fingerprint density at radius 2 is 2.00 bits per heavy atom. The number of thiazole rings is 1. The number of carbonyl (C=O) groups is 1. The highest BCUT2D eigenvalue weighted by Gasteiger charge is 2.44. The SMILES string of the molecule is CC(F)(F)COc1nc2c(s1)CCN(CCC1CCC(NC(=O)[C@@H]3C[C@H]3c3ccccc3)CC1)C2. The third-order valence-electron chi connectivity index (χ3n) is 7.64. The molecular weight excluding hydrogens is 468 g/mol. The van der Waals surface area contributed by atoms with E-state index in [1.54, 1.807) is 0 Å². The first kappa shape index (κ1) is 24.6. The summed E-state index contributed by atoms with van der Waals surface area (Å²) in [5.41, 5.74) is 2.26. The molecule has 2 fully saturated rings. The van der Waals surface area contributed by atoms with Gasteiger partial charge in [-0.15, -0.1) is 0 Å². The van der Waals surface area contributed by atoms with E-state index >= 15 is 0 Å². The van der Waals surface area contributed by atoms with Gasteiger partial charge in [0.1, 0.15) is 0 Å². The Morgan fingerprint density at radius 1 is 1.23 bits per heavy atom. The first-order valence-electron chi connectivity index (χ1n) is 12.9. The van der Waals surface area contributed by atoms with E-state index in [1.165, 1.54) is 16.9 Å². The molecule has 2 aromatic rings. The van der Waals surface area contributed by atoms with Crippen molar-refractivity contribution in [2.24, 2.45) is 11.8 Å². The third kappa shape index (κ3) is 6.58. The van der Waals surface area contributed by atoms with Gasteiger partial charge in [-0.3, -0.25) is 9.69 Å². The Balaban J connectivity index is 1.00. The van der Waals surface area contributed by atoms with E-state index in [9.17, 15) is 13.6 Å². The molecule has 0 bridgehead atoms. The molecule has 1 aromatic carbocycles. The number of ether oxygens (including phenoxy) is 1. The molecule has 0 unspecified atom stereocenters. The van der Waals surface area contributed by atoms with Crippen LogP contribution in [0.15, 0.2) is 30.3 Å². The first-order valence-corrected chi connectivity index (χ1v) is 13.7. The summed E-state index contributed by atoms with van der Waals surface area (Å²) in [7, 11) is 0. The van der Waals surface area contributed by atoms with Crippen LogP contribution >= 0.6 is 11.3 Å². The Kier molecular flexibility index (Phi) is 7.39. The molecule has 3 aliphatic rings. The van der Waals surface area contributed by atoms with E-state index in [4.69, 9.17) is 4.74 Å². The fourth-order valence-electron chi connectivity index (χ4n) is 5.49. The van der Waals surface area contributed by atoms with Crippen molar-refractivity contribution >= 4 is 17.2 Å². The summed E-state index contributed by atoms with van der Waals surface area (Å²) in [5.74, 6) is -1.37. The number of nitrogens with one attached hydrogen (secondary N) is 1. The van der Waals surface area contributed by atoms with E-state index < -0.39 is 12.5 Å². The monoisotopic (exact) mass is 503 g/mol. The second-order valence-corrected chi connectivity index (χ2v) is 11.7. The number of carbonyl (C=O) groups excluding carboxylic acids is 1.